The van der Waals surface area contributed by atoms with E-state index in [4.69, 9.17) is 4.52 Å². The van der Waals surface area contributed by atoms with Crippen LogP contribution in [-0.4, -0.2) is 26.9 Å². The van der Waals surface area contributed by atoms with E-state index in [-0.39, 0.29) is 23.8 Å². The van der Waals surface area contributed by atoms with Gasteiger partial charge in [-0.2, -0.15) is 18.2 Å². The van der Waals surface area contributed by atoms with Crippen LogP contribution in [0.4, 0.5) is 19.0 Å². The molecular weight excluding hydrogens is 439 g/mol. The van der Waals surface area contributed by atoms with Gasteiger partial charge in [-0.25, -0.2) is 4.98 Å². The molecule has 4 rings (SSSR count). The van der Waals surface area contributed by atoms with Gasteiger partial charge in [0.15, 0.2) is 5.82 Å². The van der Waals surface area contributed by atoms with Gasteiger partial charge >= 0.3 is 18.0 Å². The summed E-state index contributed by atoms with van der Waals surface area (Å²) in [6.45, 7) is 5.11. The third-order valence-corrected chi connectivity index (χ3v) is 5.11. The van der Waals surface area contributed by atoms with Gasteiger partial charge < -0.3 is 15.2 Å². The summed E-state index contributed by atoms with van der Waals surface area (Å²) in [5, 5.41) is 8.72. The molecule has 1 aliphatic rings. The first-order valence-corrected chi connectivity index (χ1v) is 10.0. The van der Waals surface area contributed by atoms with Gasteiger partial charge in [-0.15, -0.1) is 0 Å². The van der Waals surface area contributed by atoms with Crippen molar-refractivity contribution >= 4 is 17.6 Å². The first-order valence-electron chi connectivity index (χ1n) is 10.0. The molecule has 2 aromatic heterocycles. The van der Waals surface area contributed by atoms with Crippen LogP contribution in [-0.2, 0) is 29.4 Å². The Labute approximate surface area is 186 Å². The van der Waals surface area contributed by atoms with Gasteiger partial charge in [0, 0.05) is 23.7 Å². The molecule has 172 valence electrons. The topological polar surface area (TPSA) is 110 Å². The van der Waals surface area contributed by atoms with Gasteiger partial charge in [0.25, 0.3) is 0 Å². The van der Waals surface area contributed by atoms with Gasteiger partial charge in [0.2, 0.25) is 5.91 Å². The highest BCUT2D eigenvalue weighted by molar-refractivity contribution is 6.00. The molecule has 0 spiro atoms. The number of benzene rings is 1. The van der Waals surface area contributed by atoms with Crippen molar-refractivity contribution in [1.29, 1.82) is 0 Å². The summed E-state index contributed by atoms with van der Waals surface area (Å²) in [5.74, 6) is -0.709. The number of alkyl halides is 3. The number of rotatable bonds is 4. The zero-order chi connectivity index (χ0) is 24.0. The summed E-state index contributed by atoms with van der Waals surface area (Å²) in [6.07, 6.45) is -3.19. The van der Waals surface area contributed by atoms with Crippen molar-refractivity contribution in [2.24, 2.45) is 0 Å². The zero-order valence-electron chi connectivity index (χ0n) is 18.0. The van der Waals surface area contributed by atoms with Crippen LogP contribution in [0.25, 0.3) is 11.1 Å². The number of hydrogen-bond acceptors (Lipinski definition) is 6. The van der Waals surface area contributed by atoms with Crippen molar-refractivity contribution < 1.29 is 27.3 Å². The second-order valence-electron chi connectivity index (χ2n) is 8.64. The van der Waals surface area contributed by atoms with E-state index in [1.807, 2.05) is 20.8 Å². The lowest BCUT2D eigenvalue weighted by molar-refractivity contribution is -0.138. The van der Waals surface area contributed by atoms with Crippen molar-refractivity contribution in [3.05, 3.63) is 58.9 Å². The molecular formula is C22H20F3N5O3. The number of anilines is 1. The van der Waals surface area contributed by atoms with Crippen molar-refractivity contribution in [2.45, 2.75) is 45.3 Å². The number of carbonyl (C=O) groups excluding carboxylic acids is 2. The minimum absolute atomic E-state index is 0.0401. The van der Waals surface area contributed by atoms with E-state index in [2.05, 4.69) is 25.8 Å². The molecule has 33 heavy (non-hydrogen) atoms. The number of pyridine rings is 1. The number of nitrogens with one attached hydrogen (secondary N) is 2. The quantitative estimate of drug-likeness (QED) is 0.613. The first-order chi connectivity index (χ1) is 15.4. The zero-order valence-corrected chi connectivity index (χ0v) is 18.0. The molecule has 8 nitrogen and oxygen atoms in total. The second kappa shape index (κ2) is 7.98. The molecule has 0 saturated carbocycles. The average Bonchev–Trinajstić information content (AvgIpc) is 3.37. The Morgan fingerprint density at radius 3 is 2.64 bits per heavy atom. The number of hydrogen-bond donors (Lipinski definition) is 2. The van der Waals surface area contributed by atoms with Gasteiger partial charge in [-0.05, 0) is 28.8 Å². The van der Waals surface area contributed by atoms with E-state index in [0.717, 1.165) is 6.07 Å². The molecule has 0 unspecified atom stereocenters. The smallest absolute Gasteiger partial charge is 0.344 e. The number of aromatic nitrogens is 3. The van der Waals surface area contributed by atoms with Crippen LogP contribution in [0.5, 0.6) is 0 Å². The summed E-state index contributed by atoms with van der Waals surface area (Å²) in [7, 11) is 0. The lowest BCUT2D eigenvalue weighted by Crippen LogP contribution is -2.25. The van der Waals surface area contributed by atoms with Crippen LogP contribution >= 0.6 is 0 Å². The number of amides is 2. The lowest BCUT2D eigenvalue weighted by atomic mass is 9.95. The molecule has 0 radical (unpaired) electrons. The van der Waals surface area contributed by atoms with E-state index < -0.39 is 29.6 Å². The predicted molar refractivity (Wildman–Crippen MR) is 111 cm³/mol. The van der Waals surface area contributed by atoms with Crippen LogP contribution in [0.3, 0.4) is 0 Å². The van der Waals surface area contributed by atoms with E-state index in [0.29, 0.717) is 28.3 Å². The fourth-order valence-electron chi connectivity index (χ4n) is 3.42. The highest BCUT2D eigenvalue weighted by Gasteiger charge is 2.34. The maximum absolute atomic E-state index is 13.8. The monoisotopic (exact) mass is 459 g/mol. The minimum atomic E-state index is -4.66. The SMILES string of the molecule is CC(C)(C)c1noc(C(=O)NCc2ccc(-c3ccnc4c3CC(=O)N4)cc2C(F)(F)F)n1. The third-order valence-electron chi connectivity index (χ3n) is 5.11. The van der Waals surface area contributed by atoms with Crippen molar-refractivity contribution in [3.63, 3.8) is 0 Å². The number of carbonyl (C=O) groups is 2. The molecule has 3 heterocycles. The summed E-state index contributed by atoms with van der Waals surface area (Å²) in [5.41, 5.74) is -0.157. The van der Waals surface area contributed by atoms with Crippen LogP contribution in [0, 0.1) is 0 Å². The van der Waals surface area contributed by atoms with Gasteiger partial charge in [0.1, 0.15) is 5.82 Å². The Kier molecular flexibility index (Phi) is 5.43. The Morgan fingerprint density at radius 2 is 1.97 bits per heavy atom. The Morgan fingerprint density at radius 1 is 1.21 bits per heavy atom. The van der Waals surface area contributed by atoms with E-state index in [9.17, 15) is 22.8 Å². The molecule has 2 amide bonds. The van der Waals surface area contributed by atoms with Crippen LogP contribution in [0.1, 0.15) is 54.0 Å². The maximum Gasteiger partial charge on any atom is 0.416 e. The largest absolute Gasteiger partial charge is 0.416 e. The van der Waals surface area contributed by atoms with E-state index >= 15 is 0 Å². The molecule has 11 heteroatoms. The van der Waals surface area contributed by atoms with Gasteiger partial charge in [0.05, 0.1) is 12.0 Å². The number of halogens is 3. The maximum atomic E-state index is 13.8. The molecule has 0 bridgehead atoms. The van der Waals surface area contributed by atoms with Crippen molar-refractivity contribution in [1.82, 2.24) is 20.4 Å². The van der Waals surface area contributed by atoms with Crippen molar-refractivity contribution in [2.75, 3.05) is 5.32 Å². The van der Waals surface area contributed by atoms with Crippen LogP contribution in [0.2, 0.25) is 0 Å². The highest BCUT2D eigenvalue weighted by atomic mass is 19.4. The molecule has 1 aromatic carbocycles. The Balaban J connectivity index is 1.60. The molecule has 0 saturated heterocycles. The van der Waals surface area contributed by atoms with Crippen LogP contribution in [0.15, 0.2) is 35.0 Å². The van der Waals surface area contributed by atoms with Gasteiger partial charge in [-0.1, -0.05) is 38.1 Å². The fourth-order valence-corrected chi connectivity index (χ4v) is 3.42. The van der Waals surface area contributed by atoms with E-state index in [1.54, 1.807) is 6.07 Å². The molecule has 0 aliphatic carbocycles. The normalized spacial score (nSPS) is 13.6. The lowest BCUT2D eigenvalue weighted by Gasteiger charge is -2.16. The number of fused-ring (bicyclic) bond motifs is 1. The predicted octanol–water partition coefficient (Wildman–Crippen LogP) is 3.87. The minimum Gasteiger partial charge on any atom is -0.344 e. The van der Waals surface area contributed by atoms with Crippen molar-refractivity contribution in [3.8, 4) is 11.1 Å². The summed E-state index contributed by atoms with van der Waals surface area (Å²) in [4.78, 5) is 32.1. The average molecular weight is 459 g/mol. The first kappa shape index (κ1) is 22.4. The van der Waals surface area contributed by atoms with E-state index in [1.165, 1.54) is 18.3 Å². The molecule has 3 aromatic rings. The molecule has 1 aliphatic heterocycles. The summed E-state index contributed by atoms with van der Waals surface area (Å²) < 4.78 is 46.4. The standard InChI is InChI=1S/C22H20F3N5O3/c1-21(2,3)20-29-19(33-30-20)18(32)27-10-12-5-4-11(8-15(12)22(23,24)25)13-6-7-26-17-14(13)9-16(31)28-17/h4-8H,9-10H2,1-3H3,(H,27,32)(H,26,28,31). The Hall–Kier alpha value is -3.76. The number of nitrogens with zero attached hydrogens (tertiary/aromatic N) is 3. The van der Waals surface area contributed by atoms with Gasteiger partial charge in [-0.3, -0.25) is 9.59 Å². The summed E-state index contributed by atoms with van der Waals surface area (Å²) >= 11 is 0. The fraction of sp³-hybridized carbons (Fsp3) is 0.318. The summed E-state index contributed by atoms with van der Waals surface area (Å²) in [6, 6.07) is 5.38. The molecule has 0 atom stereocenters. The Bertz CT molecular complexity index is 1240. The molecule has 2 N–H and O–H groups in total. The molecule has 0 fully saturated rings. The van der Waals surface area contributed by atoms with Crippen LogP contribution < -0.4 is 10.6 Å². The third kappa shape index (κ3) is 4.57. The second-order valence-corrected chi connectivity index (χ2v) is 8.64. The highest BCUT2D eigenvalue weighted by Crippen LogP contribution is 2.37.